The lowest BCUT2D eigenvalue weighted by molar-refractivity contribution is -0.152. The minimum Gasteiger partial charge on any atom is -0.463 e. The Hall–Kier alpha value is -1.08. The fourth-order valence-electron chi connectivity index (χ4n) is 1.30. The number of hydrogen-bond donors (Lipinski definition) is 0. The van der Waals surface area contributed by atoms with Crippen LogP contribution in [0.1, 0.15) is 27.2 Å². The zero-order valence-electron chi connectivity index (χ0n) is 11.3. The van der Waals surface area contributed by atoms with Crippen LogP contribution in [-0.4, -0.2) is 38.3 Å². The number of halogens is 3. The number of ether oxygens (including phenoxy) is 3. The molecular weight excluding hydrogens is 265 g/mol. The van der Waals surface area contributed by atoms with Crippen LogP contribution in [0.25, 0.3) is 0 Å². The maximum Gasteiger partial charge on any atom is 0.413 e. The van der Waals surface area contributed by atoms with Gasteiger partial charge in [-0.3, -0.25) is 0 Å². The highest BCUT2D eigenvalue weighted by Gasteiger charge is 2.36. The van der Waals surface area contributed by atoms with E-state index in [1.54, 1.807) is 13.8 Å². The summed E-state index contributed by atoms with van der Waals surface area (Å²) in [6.07, 6.45) is -5.77. The molecule has 0 rings (SSSR count). The third-order valence-corrected chi connectivity index (χ3v) is 2.03. The lowest BCUT2D eigenvalue weighted by atomic mass is 10.1. The Bertz CT molecular complexity index is 294. The molecule has 0 bridgehead atoms. The van der Waals surface area contributed by atoms with Crippen LogP contribution in [0, 0.1) is 0 Å². The number of rotatable bonds is 8. The van der Waals surface area contributed by atoms with E-state index in [9.17, 15) is 18.0 Å². The molecule has 19 heavy (non-hydrogen) atoms. The Morgan fingerprint density at radius 1 is 1.11 bits per heavy atom. The zero-order valence-corrected chi connectivity index (χ0v) is 11.3. The summed E-state index contributed by atoms with van der Waals surface area (Å²) in [4.78, 5) is 11.1. The number of carbonyl (C=O) groups is 1. The summed E-state index contributed by atoms with van der Waals surface area (Å²) in [6, 6.07) is 0. The van der Waals surface area contributed by atoms with Gasteiger partial charge in [0.1, 0.15) is 0 Å². The predicted molar refractivity (Wildman–Crippen MR) is 62.4 cm³/mol. The van der Waals surface area contributed by atoms with Gasteiger partial charge in [-0.2, -0.15) is 13.2 Å². The van der Waals surface area contributed by atoms with E-state index in [4.69, 9.17) is 9.47 Å². The van der Waals surface area contributed by atoms with Gasteiger partial charge in [0.2, 0.25) is 0 Å². The van der Waals surface area contributed by atoms with Crippen molar-refractivity contribution < 1.29 is 32.2 Å². The topological polar surface area (TPSA) is 44.8 Å². The average molecular weight is 284 g/mol. The highest BCUT2D eigenvalue weighted by Crippen LogP contribution is 2.30. The van der Waals surface area contributed by atoms with E-state index >= 15 is 0 Å². The molecule has 0 fully saturated rings. The van der Waals surface area contributed by atoms with Crippen molar-refractivity contribution in [2.75, 3.05) is 19.8 Å². The molecule has 0 aliphatic carbocycles. The van der Waals surface area contributed by atoms with E-state index in [0.29, 0.717) is 6.08 Å². The number of alkyl halides is 3. The number of carbonyl (C=O) groups excluding carboxylic acids is 1. The van der Waals surface area contributed by atoms with Crippen molar-refractivity contribution in [1.82, 2.24) is 0 Å². The Morgan fingerprint density at radius 2 is 1.63 bits per heavy atom. The van der Waals surface area contributed by atoms with Gasteiger partial charge < -0.3 is 14.2 Å². The molecule has 0 aliphatic heterocycles. The number of hydrogen-bond acceptors (Lipinski definition) is 4. The molecule has 0 amide bonds. The summed E-state index contributed by atoms with van der Waals surface area (Å²) in [5, 5.41) is 0. The summed E-state index contributed by atoms with van der Waals surface area (Å²) < 4.78 is 52.9. The van der Waals surface area contributed by atoms with E-state index in [1.165, 1.54) is 6.92 Å². The smallest absolute Gasteiger partial charge is 0.413 e. The molecular formula is C12H19F3O4. The van der Waals surface area contributed by atoms with Crippen molar-refractivity contribution in [3.05, 3.63) is 11.6 Å². The van der Waals surface area contributed by atoms with Gasteiger partial charge in [-0.25, -0.2) is 4.79 Å². The van der Waals surface area contributed by atoms with E-state index in [2.05, 4.69) is 4.74 Å². The van der Waals surface area contributed by atoms with E-state index in [1.807, 2.05) is 0 Å². The summed E-state index contributed by atoms with van der Waals surface area (Å²) in [5.41, 5.74) is -1.03. The zero-order chi connectivity index (χ0) is 14.9. The fourth-order valence-corrected chi connectivity index (χ4v) is 1.30. The highest BCUT2D eigenvalue weighted by molar-refractivity contribution is 5.83. The first-order valence-corrected chi connectivity index (χ1v) is 6.02. The van der Waals surface area contributed by atoms with E-state index in [-0.39, 0.29) is 19.8 Å². The molecule has 112 valence electrons. The lowest BCUT2D eigenvalue weighted by Gasteiger charge is -2.20. The standard InChI is InChI=1S/C12H19F3O4/c1-4-17-10(16)7-9(12(13,14)15)8-11(18-5-2)19-6-3/h7,11H,4-6,8H2,1-3H3. The maximum atomic E-state index is 12.8. The van der Waals surface area contributed by atoms with Crippen LogP contribution in [0.15, 0.2) is 11.6 Å². The molecule has 0 N–H and O–H groups in total. The normalized spacial score (nSPS) is 12.9. The first-order valence-electron chi connectivity index (χ1n) is 6.02. The monoisotopic (exact) mass is 284 g/mol. The maximum absolute atomic E-state index is 12.8. The molecule has 0 saturated carbocycles. The second kappa shape index (κ2) is 8.92. The molecule has 0 heterocycles. The van der Waals surface area contributed by atoms with Gasteiger partial charge >= 0.3 is 12.1 Å². The fraction of sp³-hybridized carbons (Fsp3) is 0.750. The molecule has 0 unspecified atom stereocenters. The summed E-state index contributed by atoms with van der Waals surface area (Å²) in [6.45, 7) is 5.26. The van der Waals surface area contributed by atoms with Gasteiger partial charge in [0, 0.05) is 31.3 Å². The second-order valence-electron chi connectivity index (χ2n) is 3.46. The van der Waals surface area contributed by atoms with Crippen molar-refractivity contribution in [3.8, 4) is 0 Å². The molecule has 0 aromatic heterocycles. The van der Waals surface area contributed by atoms with Crippen LogP contribution >= 0.6 is 0 Å². The first-order chi connectivity index (χ1) is 8.85. The van der Waals surface area contributed by atoms with Gasteiger partial charge in [0.15, 0.2) is 6.29 Å². The first kappa shape index (κ1) is 17.9. The quantitative estimate of drug-likeness (QED) is 0.390. The summed E-state index contributed by atoms with van der Waals surface area (Å²) in [7, 11) is 0. The van der Waals surface area contributed by atoms with Crippen LogP contribution in [0.3, 0.4) is 0 Å². The molecule has 0 aromatic rings. The van der Waals surface area contributed by atoms with Crippen molar-refractivity contribution in [1.29, 1.82) is 0 Å². The Labute approximate surface area is 110 Å². The average Bonchev–Trinajstić information content (AvgIpc) is 2.27. The van der Waals surface area contributed by atoms with Gasteiger partial charge in [-0.05, 0) is 20.8 Å². The van der Waals surface area contributed by atoms with Gasteiger partial charge in [-0.15, -0.1) is 0 Å². The minimum atomic E-state index is -4.63. The Morgan fingerprint density at radius 3 is 2.00 bits per heavy atom. The third kappa shape index (κ3) is 7.84. The van der Waals surface area contributed by atoms with Crippen molar-refractivity contribution in [2.24, 2.45) is 0 Å². The van der Waals surface area contributed by atoms with Crippen molar-refractivity contribution in [3.63, 3.8) is 0 Å². The Kier molecular flexibility index (Phi) is 8.42. The second-order valence-corrected chi connectivity index (χ2v) is 3.46. The highest BCUT2D eigenvalue weighted by atomic mass is 19.4. The largest absolute Gasteiger partial charge is 0.463 e. The Balaban J connectivity index is 4.89. The molecule has 7 heteroatoms. The van der Waals surface area contributed by atoms with Crippen LogP contribution in [-0.2, 0) is 19.0 Å². The summed E-state index contributed by atoms with van der Waals surface area (Å²) >= 11 is 0. The molecule has 0 radical (unpaired) electrons. The molecule has 4 nitrogen and oxygen atoms in total. The van der Waals surface area contributed by atoms with E-state index in [0.717, 1.165) is 0 Å². The van der Waals surface area contributed by atoms with Crippen LogP contribution in [0.4, 0.5) is 13.2 Å². The third-order valence-electron chi connectivity index (χ3n) is 2.03. The van der Waals surface area contributed by atoms with Crippen LogP contribution in [0.5, 0.6) is 0 Å². The van der Waals surface area contributed by atoms with Crippen molar-refractivity contribution >= 4 is 5.97 Å². The molecule has 0 aromatic carbocycles. The molecule has 0 atom stereocenters. The molecule has 0 aliphatic rings. The van der Waals surface area contributed by atoms with Crippen LogP contribution in [0.2, 0.25) is 0 Å². The SMILES string of the molecule is CCOC(=O)C=C(CC(OCC)OCC)C(F)(F)F. The van der Waals surface area contributed by atoms with Gasteiger partial charge in [0.05, 0.1) is 6.61 Å². The predicted octanol–water partition coefficient (Wildman–Crippen LogP) is 2.83. The van der Waals surface area contributed by atoms with Crippen molar-refractivity contribution in [2.45, 2.75) is 39.7 Å². The van der Waals surface area contributed by atoms with Gasteiger partial charge in [0.25, 0.3) is 0 Å². The minimum absolute atomic E-state index is 0.0147. The molecule has 0 saturated heterocycles. The van der Waals surface area contributed by atoms with Gasteiger partial charge in [-0.1, -0.05) is 0 Å². The molecule has 0 spiro atoms. The summed E-state index contributed by atoms with van der Waals surface area (Å²) in [5.74, 6) is -1.03. The van der Waals surface area contributed by atoms with Crippen LogP contribution < -0.4 is 0 Å². The lowest BCUT2D eigenvalue weighted by Crippen LogP contribution is -2.24. The van der Waals surface area contributed by atoms with E-state index < -0.39 is 30.4 Å². The number of esters is 1.